The molecule has 1 aromatic carbocycles. The van der Waals surface area contributed by atoms with Crippen LogP contribution in [0.5, 0.6) is 0 Å². The highest BCUT2D eigenvalue weighted by atomic mass is 32.2. The first-order valence-corrected chi connectivity index (χ1v) is 9.63. The fourth-order valence-corrected chi connectivity index (χ4v) is 4.20. The van der Waals surface area contributed by atoms with Crippen molar-refractivity contribution in [3.8, 4) is 0 Å². The SMILES string of the molecule is CCCC(C)C(=O)Nc1ccc(C)c(S(=O)(=O)N(CC)CC)c1. The van der Waals surface area contributed by atoms with Gasteiger partial charge in [0, 0.05) is 24.7 Å². The van der Waals surface area contributed by atoms with Crippen LogP contribution in [0.1, 0.15) is 46.1 Å². The van der Waals surface area contributed by atoms with Crippen molar-refractivity contribution in [2.24, 2.45) is 5.92 Å². The smallest absolute Gasteiger partial charge is 0.243 e. The number of hydrogen-bond donors (Lipinski definition) is 1. The number of sulfonamides is 1. The summed E-state index contributed by atoms with van der Waals surface area (Å²) >= 11 is 0. The molecule has 0 fully saturated rings. The standard InChI is InChI=1S/C17H28N2O3S/c1-6-9-14(5)17(20)18-15-11-10-13(4)16(12-15)23(21,22)19(7-2)8-3/h10-12,14H,6-9H2,1-5H3,(H,18,20). The van der Waals surface area contributed by atoms with Gasteiger partial charge >= 0.3 is 0 Å². The molecule has 5 nitrogen and oxygen atoms in total. The highest BCUT2D eigenvalue weighted by molar-refractivity contribution is 7.89. The van der Waals surface area contributed by atoms with Gasteiger partial charge in [-0.25, -0.2) is 8.42 Å². The van der Waals surface area contributed by atoms with E-state index in [-0.39, 0.29) is 16.7 Å². The predicted octanol–water partition coefficient (Wildman–Crippen LogP) is 3.40. The Morgan fingerprint density at radius 2 is 1.83 bits per heavy atom. The van der Waals surface area contributed by atoms with Crippen molar-refractivity contribution in [2.75, 3.05) is 18.4 Å². The quantitative estimate of drug-likeness (QED) is 0.789. The normalized spacial score (nSPS) is 13.1. The Hall–Kier alpha value is -1.40. The number of carbonyl (C=O) groups is 1. The molecule has 23 heavy (non-hydrogen) atoms. The summed E-state index contributed by atoms with van der Waals surface area (Å²) in [6, 6.07) is 5.03. The Kier molecular flexibility index (Phi) is 7.22. The monoisotopic (exact) mass is 340 g/mol. The summed E-state index contributed by atoms with van der Waals surface area (Å²) in [7, 11) is -3.54. The van der Waals surface area contributed by atoms with Crippen LogP contribution < -0.4 is 5.32 Å². The zero-order valence-corrected chi connectivity index (χ0v) is 15.5. The van der Waals surface area contributed by atoms with Gasteiger partial charge in [-0.3, -0.25) is 4.79 Å². The lowest BCUT2D eigenvalue weighted by molar-refractivity contribution is -0.119. The van der Waals surface area contributed by atoms with Crippen molar-refractivity contribution in [3.63, 3.8) is 0 Å². The van der Waals surface area contributed by atoms with E-state index in [0.717, 1.165) is 12.8 Å². The molecule has 0 aliphatic rings. The van der Waals surface area contributed by atoms with Crippen LogP contribution in [0.2, 0.25) is 0 Å². The van der Waals surface area contributed by atoms with Crippen LogP contribution in [0.3, 0.4) is 0 Å². The number of rotatable bonds is 8. The molecule has 0 saturated heterocycles. The summed E-state index contributed by atoms with van der Waals surface area (Å²) in [5, 5.41) is 2.82. The highest BCUT2D eigenvalue weighted by Gasteiger charge is 2.24. The van der Waals surface area contributed by atoms with E-state index in [4.69, 9.17) is 0 Å². The minimum absolute atomic E-state index is 0.0816. The van der Waals surface area contributed by atoms with Gasteiger partial charge in [-0.1, -0.05) is 40.2 Å². The van der Waals surface area contributed by atoms with Gasteiger partial charge in [0.25, 0.3) is 0 Å². The summed E-state index contributed by atoms with van der Waals surface area (Å²) in [6.07, 6.45) is 1.74. The van der Waals surface area contributed by atoms with Crippen LogP contribution in [0, 0.1) is 12.8 Å². The maximum Gasteiger partial charge on any atom is 0.243 e. The molecule has 1 N–H and O–H groups in total. The maximum atomic E-state index is 12.7. The lowest BCUT2D eigenvalue weighted by Gasteiger charge is -2.20. The molecule has 0 aliphatic carbocycles. The number of anilines is 1. The number of benzene rings is 1. The van der Waals surface area contributed by atoms with E-state index in [1.807, 2.05) is 27.7 Å². The lowest BCUT2D eigenvalue weighted by atomic mass is 10.1. The number of amides is 1. The molecule has 0 aromatic heterocycles. The molecule has 1 unspecified atom stereocenters. The van der Waals surface area contributed by atoms with Crippen molar-refractivity contribution in [2.45, 2.75) is 52.4 Å². The van der Waals surface area contributed by atoms with E-state index in [1.54, 1.807) is 25.1 Å². The minimum atomic E-state index is -3.54. The molecule has 1 atom stereocenters. The first-order chi connectivity index (χ1) is 10.8. The average Bonchev–Trinajstić information content (AvgIpc) is 2.50. The Bertz CT molecular complexity index is 637. The van der Waals surface area contributed by atoms with Crippen LogP contribution in [0.4, 0.5) is 5.69 Å². The molecular weight excluding hydrogens is 312 g/mol. The Morgan fingerprint density at radius 1 is 1.22 bits per heavy atom. The molecule has 1 rings (SSSR count). The fraction of sp³-hybridized carbons (Fsp3) is 0.588. The lowest BCUT2D eigenvalue weighted by Crippen LogP contribution is -2.31. The summed E-state index contributed by atoms with van der Waals surface area (Å²) in [4.78, 5) is 12.4. The third-order valence-corrected chi connectivity index (χ3v) is 6.14. The molecule has 0 heterocycles. The molecule has 0 aliphatic heterocycles. The van der Waals surface area contributed by atoms with E-state index >= 15 is 0 Å². The van der Waals surface area contributed by atoms with E-state index in [2.05, 4.69) is 5.32 Å². The Labute approximate surface area is 140 Å². The number of hydrogen-bond acceptors (Lipinski definition) is 3. The Balaban J connectivity index is 3.11. The highest BCUT2D eigenvalue weighted by Crippen LogP contribution is 2.24. The average molecular weight is 340 g/mol. The first kappa shape index (κ1) is 19.6. The minimum Gasteiger partial charge on any atom is -0.326 e. The van der Waals surface area contributed by atoms with Gasteiger partial charge in [0.05, 0.1) is 4.90 Å². The summed E-state index contributed by atoms with van der Waals surface area (Å²) in [5.41, 5.74) is 1.20. The second-order valence-electron chi connectivity index (χ2n) is 5.75. The second-order valence-corrected chi connectivity index (χ2v) is 7.65. The van der Waals surface area contributed by atoms with Crippen molar-refractivity contribution >= 4 is 21.6 Å². The van der Waals surface area contributed by atoms with Crippen molar-refractivity contribution < 1.29 is 13.2 Å². The van der Waals surface area contributed by atoms with Gasteiger partial charge in [0.1, 0.15) is 0 Å². The first-order valence-electron chi connectivity index (χ1n) is 8.19. The summed E-state index contributed by atoms with van der Waals surface area (Å²) in [5.74, 6) is -0.175. The zero-order valence-electron chi connectivity index (χ0n) is 14.7. The molecule has 0 bridgehead atoms. The van der Waals surface area contributed by atoms with Crippen molar-refractivity contribution in [1.82, 2.24) is 4.31 Å². The topological polar surface area (TPSA) is 66.5 Å². The molecule has 0 saturated carbocycles. The van der Waals surface area contributed by atoms with Gasteiger partial charge in [0.2, 0.25) is 15.9 Å². The van der Waals surface area contributed by atoms with Crippen LogP contribution in [0.15, 0.2) is 23.1 Å². The predicted molar refractivity (Wildman–Crippen MR) is 94.0 cm³/mol. The third kappa shape index (κ3) is 4.78. The van der Waals surface area contributed by atoms with Crippen molar-refractivity contribution in [3.05, 3.63) is 23.8 Å². The van der Waals surface area contributed by atoms with Crippen LogP contribution in [0.25, 0.3) is 0 Å². The molecule has 0 radical (unpaired) electrons. The zero-order chi connectivity index (χ0) is 17.6. The van der Waals surface area contributed by atoms with E-state index in [0.29, 0.717) is 24.3 Å². The Morgan fingerprint density at radius 3 is 2.35 bits per heavy atom. The fourth-order valence-electron chi connectivity index (χ4n) is 2.49. The third-order valence-electron chi connectivity index (χ3n) is 3.95. The largest absolute Gasteiger partial charge is 0.326 e. The van der Waals surface area contributed by atoms with Gasteiger partial charge in [-0.2, -0.15) is 4.31 Å². The molecule has 6 heteroatoms. The molecule has 1 aromatic rings. The molecule has 1 amide bonds. The maximum absolute atomic E-state index is 12.7. The van der Waals surface area contributed by atoms with E-state index in [9.17, 15) is 13.2 Å². The van der Waals surface area contributed by atoms with Gasteiger partial charge in [-0.05, 0) is 31.0 Å². The number of nitrogens with zero attached hydrogens (tertiary/aromatic N) is 1. The van der Waals surface area contributed by atoms with Crippen LogP contribution in [-0.2, 0) is 14.8 Å². The van der Waals surface area contributed by atoms with Gasteiger partial charge < -0.3 is 5.32 Å². The molecule has 0 spiro atoms. The van der Waals surface area contributed by atoms with Crippen LogP contribution in [-0.4, -0.2) is 31.7 Å². The number of carbonyl (C=O) groups excluding carboxylic acids is 1. The molecular formula is C17H28N2O3S. The number of nitrogens with one attached hydrogen (secondary N) is 1. The van der Waals surface area contributed by atoms with Gasteiger partial charge in [0.15, 0.2) is 0 Å². The second kappa shape index (κ2) is 8.45. The van der Waals surface area contributed by atoms with Crippen LogP contribution >= 0.6 is 0 Å². The van der Waals surface area contributed by atoms with Gasteiger partial charge in [-0.15, -0.1) is 0 Å². The summed E-state index contributed by atoms with van der Waals surface area (Å²) < 4.78 is 26.8. The number of aryl methyl sites for hydroxylation is 1. The molecule has 130 valence electrons. The van der Waals surface area contributed by atoms with E-state index < -0.39 is 10.0 Å². The van der Waals surface area contributed by atoms with Crippen molar-refractivity contribution in [1.29, 1.82) is 0 Å². The summed E-state index contributed by atoms with van der Waals surface area (Å²) in [6.45, 7) is 10.1. The van der Waals surface area contributed by atoms with E-state index in [1.165, 1.54) is 4.31 Å².